The van der Waals surface area contributed by atoms with Crippen LogP contribution in [0.25, 0.3) is 5.65 Å². The molecule has 1 fully saturated rings. The first-order chi connectivity index (χ1) is 11.9. The van der Waals surface area contributed by atoms with Gasteiger partial charge in [-0.15, -0.1) is 5.10 Å². The van der Waals surface area contributed by atoms with Crippen molar-refractivity contribution in [3.8, 4) is 0 Å². The molecule has 1 aliphatic rings. The highest BCUT2D eigenvalue weighted by molar-refractivity contribution is 5.75. The summed E-state index contributed by atoms with van der Waals surface area (Å²) in [6, 6.07) is 5.50. The summed E-state index contributed by atoms with van der Waals surface area (Å²) in [5, 5.41) is 7.07. The van der Waals surface area contributed by atoms with Gasteiger partial charge in [-0.3, -0.25) is 14.1 Å². The van der Waals surface area contributed by atoms with Gasteiger partial charge in [0, 0.05) is 31.9 Å². The average Bonchev–Trinajstić information content (AvgIpc) is 2.88. The molecule has 8 nitrogen and oxygen atoms in total. The minimum Gasteiger partial charge on any atom is -0.373 e. The summed E-state index contributed by atoms with van der Waals surface area (Å²) in [7, 11) is 0. The summed E-state index contributed by atoms with van der Waals surface area (Å²) in [6.45, 7) is 8.36. The van der Waals surface area contributed by atoms with E-state index in [0.29, 0.717) is 12.2 Å². The summed E-state index contributed by atoms with van der Waals surface area (Å²) >= 11 is 0. The molecule has 0 radical (unpaired) electrons. The molecule has 2 aromatic rings. The number of fused-ring (bicyclic) bond motifs is 1. The number of rotatable bonds is 5. The molecule has 1 N–H and O–H groups in total. The molecule has 3 rings (SSSR count). The molecule has 1 saturated heterocycles. The van der Waals surface area contributed by atoms with Crippen LogP contribution < -0.4 is 11.0 Å². The number of hydrogen-bond acceptors (Lipinski definition) is 5. The molecule has 25 heavy (non-hydrogen) atoms. The van der Waals surface area contributed by atoms with Gasteiger partial charge in [-0.2, -0.15) is 0 Å². The third-order valence-electron chi connectivity index (χ3n) is 4.45. The van der Waals surface area contributed by atoms with Crippen molar-refractivity contribution in [3.05, 3.63) is 34.9 Å². The van der Waals surface area contributed by atoms with Gasteiger partial charge in [0.15, 0.2) is 5.65 Å². The third-order valence-corrected chi connectivity index (χ3v) is 4.45. The zero-order chi connectivity index (χ0) is 18.0. The van der Waals surface area contributed by atoms with Crippen molar-refractivity contribution >= 4 is 11.6 Å². The molecule has 8 heteroatoms. The maximum Gasteiger partial charge on any atom is 0.350 e. The fraction of sp³-hybridized carbons (Fsp3) is 0.588. The normalized spacial score (nSPS) is 22.8. The van der Waals surface area contributed by atoms with Crippen LogP contribution in [0.2, 0.25) is 0 Å². The molecule has 136 valence electrons. The van der Waals surface area contributed by atoms with E-state index in [1.54, 1.807) is 24.4 Å². The highest BCUT2D eigenvalue weighted by atomic mass is 16.5. The quantitative estimate of drug-likeness (QED) is 0.830. The second-order valence-corrected chi connectivity index (χ2v) is 6.73. The smallest absolute Gasteiger partial charge is 0.350 e. The van der Waals surface area contributed by atoms with E-state index in [9.17, 15) is 9.59 Å². The highest BCUT2D eigenvalue weighted by Crippen LogP contribution is 2.13. The lowest BCUT2D eigenvalue weighted by Crippen LogP contribution is -2.52. The van der Waals surface area contributed by atoms with Gasteiger partial charge in [-0.1, -0.05) is 6.07 Å². The maximum atomic E-state index is 12.2. The Morgan fingerprint density at radius 3 is 2.76 bits per heavy atom. The number of nitrogens with zero attached hydrogens (tertiary/aromatic N) is 4. The zero-order valence-corrected chi connectivity index (χ0v) is 14.9. The Kier molecular flexibility index (Phi) is 5.19. The Balaban J connectivity index is 1.55. The van der Waals surface area contributed by atoms with Crippen LogP contribution >= 0.6 is 0 Å². The summed E-state index contributed by atoms with van der Waals surface area (Å²) < 4.78 is 8.35. The fourth-order valence-electron chi connectivity index (χ4n) is 3.23. The fourth-order valence-corrected chi connectivity index (χ4v) is 3.23. The number of carbonyl (C=O) groups is 1. The van der Waals surface area contributed by atoms with Crippen molar-refractivity contribution in [1.29, 1.82) is 0 Å². The molecule has 0 aliphatic carbocycles. The van der Waals surface area contributed by atoms with Gasteiger partial charge >= 0.3 is 5.69 Å². The number of carbonyl (C=O) groups excluding carboxylic acids is 1. The molecular formula is C17H25N5O3. The Labute approximate surface area is 146 Å². The number of aromatic nitrogens is 3. The number of ether oxygens (including phenoxy) is 1. The van der Waals surface area contributed by atoms with Crippen molar-refractivity contribution in [2.45, 2.75) is 45.6 Å². The van der Waals surface area contributed by atoms with Crippen LogP contribution in [0.5, 0.6) is 0 Å². The van der Waals surface area contributed by atoms with Crippen LogP contribution in [-0.2, 0) is 16.1 Å². The lowest BCUT2D eigenvalue weighted by molar-refractivity contribution is -0.122. The number of morpholine rings is 1. The topological polar surface area (TPSA) is 80.9 Å². The summed E-state index contributed by atoms with van der Waals surface area (Å²) in [6.07, 6.45) is 2.03. The lowest BCUT2D eigenvalue weighted by atomic mass is 10.1. The molecule has 3 atom stereocenters. The number of nitrogens with one attached hydrogen (secondary N) is 1. The monoisotopic (exact) mass is 347 g/mol. The molecule has 0 spiro atoms. The number of amides is 1. The van der Waals surface area contributed by atoms with Crippen LogP contribution in [0, 0.1) is 0 Å². The molecule has 0 aromatic carbocycles. The SMILES string of the molecule is C[C@@H]1CN([C@@H](C)CNC(=O)Cn2nc3ccccn3c2=O)C[C@H](C)O1. The molecule has 0 saturated carbocycles. The first-order valence-corrected chi connectivity index (χ1v) is 8.64. The number of pyridine rings is 1. The van der Waals surface area contributed by atoms with Crippen molar-refractivity contribution in [2.75, 3.05) is 19.6 Å². The molecule has 0 unspecified atom stereocenters. The lowest BCUT2D eigenvalue weighted by Gasteiger charge is -2.38. The van der Waals surface area contributed by atoms with Crippen molar-refractivity contribution in [3.63, 3.8) is 0 Å². The Bertz CT molecular complexity index is 789. The number of hydrogen-bond donors (Lipinski definition) is 1. The van der Waals surface area contributed by atoms with Gasteiger partial charge < -0.3 is 10.1 Å². The van der Waals surface area contributed by atoms with Gasteiger partial charge in [0.25, 0.3) is 0 Å². The van der Waals surface area contributed by atoms with Crippen molar-refractivity contribution < 1.29 is 9.53 Å². The van der Waals surface area contributed by atoms with Crippen molar-refractivity contribution in [1.82, 2.24) is 24.4 Å². The predicted octanol–water partition coefficient (Wildman–Crippen LogP) is 0.110. The minimum atomic E-state index is -0.311. The second-order valence-electron chi connectivity index (χ2n) is 6.73. The Morgan fingerprint density at radius 1 is 1.36 bits per heavy atom. The molecule has 2 aromatic heterocycles. The summed E-state index contributed by atoms with van der Waals surface area (Å²) in [5.74, 6) is -0.216. The van der Waals surface area contributed by atoms with E-state index < -0.39 is 0 Å². The molecule has 1 amide bonds. The molecular weight excluding hydrogens is 322 g/mol. The summed E-state index contributed by atoms with van der Waals surface area (Å²) in [4.78, 5) is 26.7. The average molecular weight is 347 g/mol. The first kappa shape index (κ1) is 17.6. The van der Waals surface area contributed by atoms with Crippen LogP contribution in [0.1, 0.15) is 20.8 Å². The van der Waals surface area contributed by atoms with E-state index in [1.807, 2.05) is 0 Å². The van der Waals surface area contributed by atoms with Gasteiger partial charge in [0.2, 0.25) is 5.91 Å². The van der Waals surface area contributed by atoms with E-state index >= 15 is 0 Å². The van der Waals surface area contributed by atoms with Gasteiger partial charge in [0.05, 0.1) is 12.2 Å². The van der Waals surface area contributed by atoms with Crippen LogP contribution in [0.4, 0.5) is 0 Å². The van der Waals surface area contributed by atoms with Gasteiger partial charge in [0.1, 0.15) is 6.54 Å². The Hall–Kier alpha value is -2.19. The van der Waals surface area contributed by atoms with Crippen molar-refractivity contribution in [2.24, 2.45) is 0 Å². The zero-order valence-electron chi connectivity index (χ0n) is 14.9. The standard InChI is InChI=1S/C17H25N5O3/c1-12(20-9-13(2)25-14(3)10-20)8-18-16(23)11-22-17(24)21-7-5-4-6-15(21)19-22/h4-7,12-14H,8-11H2,1-3H3,(H,18,23)/t12-,13-,14+/m0/s1. The van der Waals surface area contributed by atoms with E-state index in [4.69, 9.17) is 4.74 Å². The van der Waals surface area contributed by atoms with E-state index in [1.165, 1.54) is 9.08 Å². The molecule has 1 aliphatic heterocycles. The molecule has 3 heterocycles. The van der Waals surface area contributed by atoms with E-state index in [0.717, 1.165) is 13.1 Å². The van der Waals surface area contributed by atoms with Crippen LogP contribution in [-0.4, -0.2) is 62.9 Å². The second kappa shape index (κ2) is 7.37. The Morgan fingerprint density at radius 2 is 2.08 bits per heavy atom. The molecule has 0 bridgehead atoms. The first-order valence-electron chi connectivity index (χ1n) is 8.64. The van der Waals surface area contributed by atoms with E-state index in [2.05, 4.69) is 36.1 Å². The predicted molar refractivity (Wildman–Crippen MR) is 93.5 cm³/mol. The maximum absolute atomic E-state index is 12.2. The van der Waals surface area contributed by atoms with Crippen LogP contribution in [0.3, 0.4) is 0 Å². The minimum absolute atomic E-state index is 0.0802. The van der Waals surface area contributed by atoms with Gasteiger partial charge in [-0.05, 0) is 32.9 Å². The summed E-state index contributed by atoms with van der Waals surface area (Å²) in [5.41, 5.74) is 0.222. The highest BCUT2D eigenvalue weighted by Gasteiger charge is 2.25. The third kappa shape index (κ3) is 4.08. The van der Waals surface area contributed by atoms with Gasteiger partial charge in [-0.25, -0.2) is 9.48 Å². The van der Waals surface area contributed by atoms with Crippen LogP contribution in [0.15, 0.2) is 29.2 Å². The van der Waals surface area contributed by atoms with E-state index in [-0.39, 0.29) is 36.4 Å². The largest absolute Gasteiger partial charge is 0.373 e.